The number of nitrogens with one attached hydrogen (secondary N) is 1. The Balaban J connectivity index is 2.25. The van der Waals surface area contributed by atoms with Crippen LogP contribution in [0.25, 0.3) is 0 Å². The maximum absolute atomic E-state index is 10.7. The molecule has 0 radical (unpaired) electrons. The van der Waals surface area contributed by atoms with Gasteiger partial charge in [-0.2, -0.15) is 0 Å². The van der Waals surface area contributed by atoms with Gasteiger partial charge in [-0.1, -0.05) is 6.92 Å². The third-order valence-electron chi connectivity index (χ3n) is 3.13. The smallest absolute Gasteiger partial charge is 0.324 e. The molecule has 2 bridgehead atoms. The van der Waals surface area contributed by atoms with Gasteiger partial charge in [-0.05, 0) is 24.8 Å². The molecule has 1 saturated carbocycles. The summed E-state index contributed by atoms with van der Waals surface area (Å²) in [6.45, 7) is 2.91. The molecule has 0 aromatic heterocycles. The number of hydrogen-bond acceptors (Lipinski definition) is 2. The van der Waals surface area contributed by atoms with Crippen LogP contribution in [0, 0.1) is 11.8 Å². The second kappa shape index (κ2) is 1.53. The Kier molecular flexibility index (Phi) is 0.944. The minimum atomic E-state index is -0.672. The summed E-state index contributed by atoms with van der Waals surface area (Å²) in [5.74, 6) is 0.287. The predicted molar refractivity (Wildman–Crippen MR) is 35.6 cm³/mol. The van der Waals surface area contributed by atoms with Gasteiger partial charge in [0.05, 0.1) is 0 Å². The van der Waals surface area contributed by atoms with E-state index in [4.69, 9.17) is 5.11 Å². The summed E-state index contributed by atoms with van der Waals surface area (Å²) in [5, 5.41) is 11.9. The Morgan fingerprint density at radius 3 is 2.70 bits per heavy atom. The molecule has 1 aliphatic carbocycles. The number of fused-ring (bicyclic) bond motifs is 1. The van der Waals surface area contributed by atoms with Crippen molar-refractivity contribution in [2.45, 2.75) is 18.9 Å². The minimum Gasteiger partial charge on any atom is -0.480 e. The number of carboxylic acids is 1. The summed E-state index contributed by atoms with van der Waals surface area (Å²) in [6, 6.07) is 0. The van der Waals surface area contributed by atoms with Gasteiger partial charge >= 0.3 is 5.97 Å². The second-order valence-electron chi connectivity index (χ2n) is 3.41. The monoisotopic (exact) mass is 141 g/mol. The molecule has 3 heteroatoms. The van der Waals surface area contributed by atoms with Crippen molar-refractivity contribution in [1.29, 1.82) is 0 Å². The van der Waals surface area contributed by atoms with E-state index in [-0.39, 0.29) is 0 Å². The third-order valence-corrected chi connectivity index (χ3v) is 3.13. The SMILES string of the molecule is C[C@@H]1[C@@H]2CN[C@@]1(C(=O)O)C2. The van der Waals surface area contributed by atoms with E-state index in [1.807, 2.05) is 6.92 Å². The lowest BCUT2D eigenvalue weighted by molar-refractivity contribution is -0.150. The van der Waals surface area contributed by atoms with Crippen molar-refractivity contribution in [2.24, 2.45) is 11.8 Å². The largest absolute Gasteiger partial charge is 0.480 e. The third kappa shape index (κ3) is 0.440. The molecule has 0 spiro atoms. The van der Waals surface area contributed by atoms with Crippen molar-refractivity contribution < 1.29 is 9.90 Å². The van der Waals surface area contributed by atoms with Gasteiger partial charge in [0.1, 0.15) is 5.54 Å². The number of aliphatic carboxylic acids is 1. The lowest BCUT2D eigenvalue weighted by atomic mass is 9.64. The van der Waals surface area contributed by atoms with Crippen LogP contribution < -0.4 is 5.32 Å². The molecule has 3 rings (SSSR count). The molecular weight excluding hydrogens is 130 g/mol. The maximum atomic E-state index is 10.7. The normalized spacial score (nSPS) is 50.5. The van der Waals surface area contributed by atoms with E-state index in [0.717, 1.165) is 13.0 Å². The highest BCUT2D eigenvalue weighted by molar-refractivity contribution is 5.81. The molecule has 3 atom stereocenters. The average Bonchev–Trinajstić information content (AvgIpc) is 2.41. The minimum absolute atomic E-state index is 0.338. The highest BCUT2D eigenvalue weighted by Crippen LogP contribution is 2.48. The van der Waals surface area contributed by atoms with Crippen LogP contribution in [-0.2, 0) is 4.79 Å². The van der Waals surface area contributed by atoms with Crippen molar-refractivity contribution in [2.75, 3.05) is 6.54 Å². The Morgan fingerprint density at radius 2 is 2.50 bits per heavy atom. The number of carbonyl (C=O) groups is 1. The predicted octanol–water partition coefficient (Wildman–Crippen LogP) is 0.0690. The lowest BCUT2D eigenvalue weighted by Gasteiger charge is -2.40. The van der Waals surface area contributed by atoms with Gasteiger partial charge in [0.15, 0.2) is 0 Å². The topological polar surface area (TPSA) is 49.3 Å². The summed E-state index contributed by atoms with van der Waals surface area (Å²) >= 11 is 0. The molecule has 0 aromatic rings. The van der Waals surface area contributed by atoms with Crippen LogP contribution in [0.2, 0.25) is 0 Å². The van der Waals surface area contributed by atoms with Crippen molar-refractivity contribution in [3.8, 4) is 0 Å². The highest BCUT2D eigenvalue weighted by atomic mass is 16.4. The fourth-order valence-corrected chi connectivity index (χ4v) is 2.17. The standard InChI is InChI=1S/C7H11NO2/c1-4-5-2-7(4,6(9)10)8-3-5/h4-5,8H,2-3H2,1H3,(H,9,10)/t4-,5+,7+/m1/s1. The lowest BCUT2D eigenvalue weighted by Crippen LogP contribution is -2.57. The first-order chi connectivity index (χ1) is 4.67. The van der Waals surface area contributed by atoms with Gasteiger partial charge in [-0.25, -0.2) is 0 Å². The summed E-state index contributed by atoms with van der Waals surface area (Å²) in [5.41, 5.74) is -0.537. The van der Waals surface area contributed by atoms with Gasteiger partial charge in [0, 0.05) is 0 Å². The first kappa shape index (κ1) is 6.16. The molecule has 2 aliphatic heterocycles. The molecule has 56 valence electrons. The van der Waals surface area contributed by atoms with E-state index in [1.165, 1.54) is 0 Å². The zero-order valence-corrected chi connectivity index (χ0v) is 5.92. The summed E-state index contributed by atoms with van der Waals surface area (Å²) in [4.78, 5) is 10.7. The summed E-state index contributed by atoms with van der Waals surface area (Å²) in [6.07, 6.45) is 0.837. The van der Waals surface area contributed by atoms with Crippen LogP contribution in [0.4, 0.5) is 0 Å². The number of carboxylic acid groups (broad SMARTS) is 1. The summed E-state index contributed by atoms with van der Waals surface area (Å²) in [7, 11) is 0. The molecule has 3 aliphatic rings. The van der Waals surface area contributed by atoms with Gasteiger partial charge in [-0.3, -0.25) is 4.79 Å². The van der Waals surface area contributed by atoms with Crippen LogP contribution >= 0.6 is 0 Å². The van der Waals surface area contributed by atoms with Gasteiger partial charge < -0.3 is 10.4 Å². The Morgan fingerprint density at radius 1 is 1.80 bits per heavy atom. The molecule has 0 amide bonds. The fraction of sp³-hybridized carbons (Fsp3) is 0.857. The van der Waals surface area contributed by atoms with E-state index < -0.39 is 11.5 Å². The molecule has 3 nitrogen and oxygen atoms in total. The van der Waals surface area contributed by atoms with Crippen LogP contribution in [0.1, 0.15) is 13.3 Å². The zero-order valence-electron chi connectivity index (χ0n) is 5.92. The average molecular weight is 141 g/mol. The Hall–Kier alpha value is -0.570. The van der Waals surface area contributed by atoms with Gasteiger partial charge in [0.2, 0.25) is 0 Å². The van der Waals surface area contributed by atoms with E-state index >= 15 is 0 Å². The summed E-state index contributed by atoms with van der Waals surface area (Å²) < 4.78 is 0. The van der Waals surface area contributed by atoms with E-state index in [1.54, 1.807) is 0 Å². The van der Waals surface area contributed by atoms with Crippen LogP contribution in [0.15, 0.2) is 0 Å². The maximum Gasteiger partial charge on any atom is 0.324 e. The van der Waals surface area contributed by atoms with Crippen LogP contribution in [0.5, 0.6) is 0 Å². The quantitative estimate of drug-likeness (QED) is 0.543. The molecule has 2 saturated heterocycles. The molecular formula is C7H11NO2. The van der Waals surface area contributed by atoms with Crippen molar-refractivity contribution in [3.05, 3.63) is 0 Å². The molecule has 2 N–H and O–H groups in total. The van der Waals surface area contributed by atoms with E-state index in [9.17, 15) is 4.79 Å². The second-order valence-corrected chi connectivity index (χ2v) is 3.41. The number of hydrogen-bond donors (Lipinski definition) is 2. The van der Waals surface area contributed by atoms with Crippen molar-refractivity contribution in [1.82, 2.24) is 5.32 Å². The van der Waals surface area contributed by atoms with Crippen LogP contribution in [-0.4, -0.2) is 23.2 Å². The van der Waals surface area contributed by atoms with Crippen LogP contribution in [0.3, 0.4) is 0 Å². The fourth-order valence-electron chi connectivity index (χ4n) is 2.17. The molecule has 3 fully saturated rings. The highest BCUT2D eigenvalue weighted by Gasteiger charge is 2.61. The van der Waals surface area contributed by atoms with Gasteiger partial charge in [-0.15, -0.1) is 0 Å². The molecule has 10 heavy (non-hydrogen) atoms. The van der Waals surface area contributed by atoms with Crippen molar-refractivity contribution in [3.63, 3.8) is 0 Å². The van der Waals surface area contributed by atoms with Gasteiger partial charge in [0.25, 0.3) is 0 Å². The molecule has 0 aromatic carbocycles. The van der Waals surface area contributed by atoms with Crippen molar-refractivity contribution >= 4 is 5.97 Å². The Labute approximate surface area is 59.4 Å². The first-order valence-corrected chi connectivity index (χ1v) is 3.65. The molecule has 2 heterocycles. The zero-order chi connectivity index (χ0) is 7.35. The van der Waals surface area contributed by atoms with E-state index in [0.29, 0.717) is 11.8 Å². The number of rotatable bonds is 1. The van der Waals surface area contributed by atoms with E-state index in [2.05, 4.69) is 5.32 Å². The Bertz CT molecular complexity index is 188. The first-order valence-electron chi connectivity index (χ1n) is 3.65. The molecule has 0 unspecified atom stereocenters.